The molecular weight excluding hydrogens is 232 g/mol. The highest BCUT2D eigenvalue weighted by Crippen LogP contribution is 2.23. The predicted octanol–water partition coefficient (Wildman–Crippen LogP) is 1.47. The van der Waals surface area contributed by atoms with Crippen LogP contribution in [-0.4, -0.2) is 41.4 Å². The number of ether oxygens (including phenoxy) is 1. The van der Waals surface area contributed by atoms with Gasteiger partial charge in [0.25, 0.3) is 0 Å². The summed E-state index contributed by atoms with van der Waals surface area (Å²) >= 11 is 0. The number of hydrogen-bond donors (Lipinski definition) is 2. The van der Waals surface area contributed by atoms with Gasteiger partial charge in [0.1, 0.15) is 5.60 Å². The second-order valence-corrected chi connectivity index (χ2v) is 5.63. The maximum atomic E-state index is 11.8. The molecule has 3 N–H and O–H groups in total. The second kappa shape index (κ2) is 6.09. The third-order valence-electron chi connectivity index (χ3n) is 2.95. The Kier molecular flexibility index (Phi) is 5.02. The molecule has 1 rings (SSSR count). The summed E-state index contributed by atoms with van der Waals surface area (Å²) in [6.07, 6.45) is 3.02. The summed E-state index contributed by atoms with van der Waals surface area (Å²) in [5, 5.41) is 8.79. The number of amides is 1. The van der Waals surface area contributed by atoms with Crippen molar-refractivity contribution in [2.45, 2.75) is 39.2 Å². The molecule has 1 heterocycles. The van der Waals surface area contributed by atoms with E-state index >= 15 is 0 Å². The van der Waals surface area contributed by atoms with E-state index in [4.69, 9.17) is 15.6 Å². The molecule has 1 aliphatic rings. The molecular formula is C13H24N2O3. The molecule has 1 amide bonds. The van der Waals surface area contributed by atoms with Crippen molar-refractivity contribution < 1.29 is 14.6 Å². The van der Waals surface area contributed by atoms with E-state index < -0.39 is 5.60 Å². The fourth-order valence-electron chi connectivity index (χ4n) is 1.99. The van der Waals surface area contributed by atoms with E-state index in [0.717, 1.165) is 18.5 Å². The van der Waals surface area contributed by atoms with E-state index in [1.807, 2.05) is 20.8 Å². The van der Waals surface area contributed by atoms with Gasteiger partial charge in [-0.15, -0.1) is 0 Å². The zero-order valence-corrected chi connectivity index (χ0v) is 11.5. The van der Waals surface area contributed by atoms with Crippen LogP contribution in [0.25, 0.3) is 0 Å². The number of rotatable bonds is 2. The van der Waals surface area contributed by atoms with Crippen LogP contribution in [0.2, 0.25) is 0 Å². The van der Waals surface area contributed by atoms with Crippen LogP contribution in [0.15, 0.2) is 11.8 Å². The number of piperidine rings is 1. The van der Waals surface area contributed by atoms with E-state index in [1.165, 1.54) is 0 Å². The van der Waals surface area contributed by atoms with Crippen molar-refractivity contribution in [1.29, 1.82) is 0 Å². The molecule has 0 atom stereocenters. The lowest BCUT2D eigenvalue weighted by atomic mass is 9.94. The van der Waals surface area contributed by atoms with Crippen molar-refractivity contribution in [3.05, 3.63) is 11.8 Å². The lowest BCUT2D eigenvalue weighted by Crippen LogP contribution is -2.42. The molecule has 0 radical (unpaired) electrons. The van der Waals surface area contributed by atoms with E-state index in [9.17, 15) is 4.79 Å². The number of allylic oxidation sites excluding steroid dienone is 1. The van der Waals surface area contributed by atoms with Gasteiger partial charge in [0.15, 0.2) is 0 Å². The van der Waals surface area contributed by atoms with Crippen molar-refractivity contribution in [2.24, 2.45) is 11.7 Å². The molecule has 0 saturated carbocycles. The molecule has 0 aromatic rings. The van der Waals surface area contributed by atoms with Gasteiger partial charge in [0, 0.05) is 24.7 Å². The molecule has 1 aliphatic heterocycles. The van der Waals surface area contributed by atoms with Crippen LogP contribution in [0.3, 0.4) is 0 Å². The summed E-state index contributed by atoms with van der Waals surface area (Å²) in [6, 6.07) is 0. The number of carbonyl (C=O) groups excluding carboxylic acids is 1. The van der Waals surface area contributed by atoms with Crippen molar-refractivity contribution >= 4 is 6.09 Å². The molecule has 104 valence electrons. The molecule has 0 aromatic heterocycles. The number of aliphatic hydroxyl groups is 1. The van der Waals surface area contributed by atoms with Crippen LogP contribution in [0.4, 0.5) is 4.79 Å². The van der Waals surface area contributed by atoms with E-state index in [2.05, 4.69) is 0 Å². The van der Waals surface area contributed by atoms with Gasteiger partial charge in [-0.2, -0.15) is 0 Å². The first kappa shape index (κ1) is 14.8. The highest BCUT2D eigenvalue weighted by Gasteiger charge is 2.27. The molecule has 0 unspecified atom stereocenters. The first-order valence-corrected chi connectivity index (χ1v) is 6.38. The number of nitrogens with zero attached hydrogens (tertiary/aromatic N) is 1. The molecule has 1 fully saturated rings. The lowest BCUT2D eigenvalue weighted by Gasteiger charge is -2.33. The molecule has 0 aromatic carbocycles. The van der Waals surface area contributed by atoms with Gasteiger partial charge in [-0.3, -0.25) is 0 Å². The average Bonchev–Trinajstić information content (AvgIpc) is 2.27. The molecule has 5 nitrogen and oxygen atoms in total. The quantitative estimate of drug-likeness (QED) is 0.784. The zero-order valence-electron chi connectivity index (χ0n) is 11.5. The Morgan fingerprint density at radius 1 is 1.44 bits per heavy atom. The standard InChI is InChI=1S/C13H24N2O3/c1-13(2,3)18-12(17)15-7-4-10(5-8-15)11(14)6-9-16/h6,10,16H,4-5,7-9,14H2,1-3H3. The number of hydrogen-bond acceptors (Lipinski definition) is 4. The van der Waals surface area contributed by atoms with Gasteiger partial charge < -0.3 is 20.5 Å². The largest absolute Gasteiger partial charge is 0.444 e. The van der Waals surface area contributed by atoms with Crippen LogP contribution in [0.5, 0.6) is 0 Å². The summed E-state index contributed by atoms with van der Waals surface area (Å²) < 4.78 is 5.32. The van der Waals surface area contributed by atoms with Crippen LogP contribution >= 0.6 is 0 Å². The minimum absolute atomic E-state index is 0.0296. The topological polar surface area (TPSA) is 75.8 Å². The van der Waals surface area contributed by atoms with Gasteiger partial charge in [0.05, 0.1) is 6.61 Å². The fourth-order valence-corrected chi connectivity index (χ4v) is 1.99. The zero-order chi connectivity index (χ0) is 13.8. The maximum Gasteiger partial charge on any atom is 0.410 e. The van der Waals surface area contributed by atoms with Gasteiger partial charge in [-0.25, -0.2) is 4.79 Å². The lowest BCUT2D eigenvalue weighted by molar-refractivity contribution is 0.0193. The summed E-state index contributed by atoms with van der Waals surface area (Å²) in [6.45, 7) is 6.86. The summed E-state index contributed by atoms with van der Waals surface area (Å²) in [5.41, 5.74) is 6.12. The Bertz CT molecular complexity index is 313. The van der Waals surface area contributed by atoms with Crippen LogP contribution < -0.4 is 5.73 Å². The molecule has 1 saturated heterocycles. The highest BCUT2D eigenvalue weighted by molar-refractivity contribution is 5.68. The first-order valence-electron chi connectivity index (χ1n) is 6.38. The minimum atomic E-state index is -0.455. The van der Waals surface area contributed by atoms with Crippen molar-refractivity contribution in [1.82, 2.24) is 4.90 Å². The van der Waals surface area contributed by atoms with Crippen LogP contribution in [0, 0.1) is 5.92 Å². The summed E-state index contributed by atoms with van der Waals surface area (Å²) in [4.78, 5) is 13.6. The van der Waals surface area contributed by atoms with Crippen molar-refractivity contribution in [3.63, 3.8) is 0 Å². The molecule has 18 heavy (non-hydrogen) atoms. The monoisotopic (exact) mass is 256 g/mol. The normalized spacial score (nSPS) is 18.9. The highest BCUT2D eigenvalue weighted by atomic mass is 16.6. The predicted molar refractivity (Wildman–Crippen MR) is 69.9 cm³/mol. The summed E-state index contributed by atoms with van der Waals surface area (Å²) in [5.74, 6) is 0.260. The third kappa shape index (κ3) is 4.56. The van der Waals surface area contributed by atoms with Gasteiger partial charge in [0.2, 0.25) is 0 Å². The van der Waals surface area contributed by atoms with E-state index in [-0.39, 0.29) is 18.6 Å². The fraction of sp³-hybridized carbons (Fsp3) is 0.769. The Morgan fingerprint density at radius 2 is 2.00 bits per heavy atom. The number of nitrogens with two attached hydrogens (primary N) is 1. The molecule has 0 aliphatic carbocycles. The van der Waals surface area contributed by atoms with Gasteiger partial charge in [-0.1, -0.05) is 0 Å². The first-order chi connectivity index (χ1) is 8.33. The molecule has 0 bridgehead atoms. The number of carbonyl (C=O) groups is 1. The van der Waals surface area contributed by atoms with Crippen molar-refractivity contribution in [3.8, 4) is 0 Å². The van der Waals surface area contributed by atoms with Crippen molar-refractivity contribution in [2.75, 3.05) is 19.7 Å². The van der Waals surface area contributed by atoms with E-state index in [1.54, 1.807) is 11.0 Å². The Balaban J connectivity index is 2.44. The molecule has 5 heteroatoms. The van der Waals surface area contributed by atoms with Gasteiger partial charge in [-0.05, 0) is 39.7 Å². The Labute approximate surface area is 109 Å². The minimum Gasteiger partial charge on any atom is -0.444 e. The smallest absolute Gasteiger partial charge is 0.410 e. The molecule has 0 spiro atoms. The third-order valence-corrected chi connectivity index (χ3v) is 2.95. The van der Waals surface area contributed by atoms with E-state index in [0.29, 0.717) is 13.1 Å². The Morgan fingerprint density at radius 3 is 2.44 bits per heavy atom. The Hall–Kier alpha value is -1.23. The summed E-state index contributed by atoms with van der Waals surface area (Å²) in [7, 11) is 0. The van der Waals surface area contributed by atoms with Crippen LogP contribution in [-0.2, 0) is 4.74 Å². The number of aliphatic hydroxyl groups excluding tert-OH is 1. The van der Waals surface area contributed by atoms with Crippen LogP contribution in [0.1, 0.15) is 33.6 Å². The second-order valence-electron chi connectivity index (χ2n) is 5.63. The number of likely N-dealkylation sites (tertiary alicyclic amines) is 1. The SMILES string of the molecule is CC(C)(C)OC(=O)N1CCC(C(N)=CCO)CC1. The van der Waals surface area contributed by atoms with Gasteiger partial charge >= 0.3 is 6.09 Å². The average molecular weight is 256 g/mol. The maximum absolute atomic E-state index is 11.8.